The summed E-state index contributed by atoms with van der Waals surface area (Å²) in [6, 6.07) is 0. The summed E-state index contributed by atoms with van der Waals surface area (Å²) in [6.07, 6.45) is 9.56. The maximum absolute atomic E-state index is 12.5. The smallest absolute Gasteiger partial charge is 0.341 e. The number of carbonyl (C=O) groups is 1. The number of fused-ring (bicyclic) bond motifs is 1. The summed E-state index contributed by atoms with van der Waals surface area (Å²) in [7, 11) is 1.44. The number of nitrogens with zero attached hydrogens (tertiary/aromatic N) is 2. The highest BCUT2D eigenvalue weighted by Gasteiger charge is 2.25. The fraction of sp³-hybridized carbons (Fsp3) is 0.550. The third-order valence-corrected chi connectivity index (χ3v) is 7.26. The summed E-state index contributed by atoms with van der Waals surface area (Å²) in [5.41, 5.74) is 2.79. The lowest BCUT2D eigenvalue weighted by Crippen LogP contribution is -2.30. The molecule has 3 rings (SSSR count). The molecule has 2 heterocycles. The number of anilines is 1. The van der Waals surface area contributed by atoms with Crippen molar-refractivity contribution >= 4 is 55.6 Å². The number of hydrogen-bond acceptors (Lipinski definition) is 5. The molecule has 0 saturated heterocycles. The summed E-state index contributed by atoms with van der Waals surface area (Å²) < 4.78 is 8.01. The van der Waals surface area contributed by atoms with Gasteiger partial charge in [0.05, 0.1) is 22.8 Å². The third kappa shape index (κ3) is 5.79. The Kier molecular flexibility index (Phi) is 8.08. The highest BCUT2D eigenvalue weighted by atomic mass is 79.9. The van der Waals surface area contributed by atoms with Crippen LogP contribution in [0, 0.1) is 6.92 Å². The molecule has 0 amide bonds. The fourth-order valence-electron chi connectivity index (χ4n) is 3.52. The number of methoxy groups -OCH3 is 1. The quantitative estimate of drug-likeness (QED) is 0.337. The molecule has 158 valence electrons. The Hall–Kier alpha value is -1.45. The van der Waals surface area contributed by atoms with Gasteiger partial charge >= 0.3 is 5.97 Å². The lowest BCUT2D eigenvalue weighted by Gasteiger charge is -2.12. The van der Waals surface area contributed by atoms with Crippen LogP contribution in [-0.2, 0) is 24.1 Å². The van der Waals surface area contributed by atoms with Crippen LogP contribution in [0.5, 0.6) is 0 Å². The number of nitrogens with one attached hydrogen (secondary N) is 2. The van der Waals surface area contributed by atoms with E-state index in [0.29, 0.717) is 10.7 Å². The minimum absolute atomic E-state index is 0.284. The minimum atomic E-state index is -0.284. The van der Waals surface area contributed by atoms with E-state index in [0.717, 1.165) is 59.5 Å². The average molecular weight is 500 g/mol. The van der Waals surface area contributed by atoms with Crippen molar-refractivity contribution < 1.29 is 9.53 Å². The van der Waals surface area contributed by atoms with Crippen LogP contribution < -0.4 is 10.6 Å². The molecule has 0 bridgehead atoms. The van der Waals surface area contributed by atoms with Gasteiger partial charge in [-0.05, 0) is 72.7 Å². The number of esters is 1. The molecule has 0 saturated carbocycles. The first-order valence-corrected chi connectivity index (χ1v) is 12.0. The highest BCUT2D eigenvalue weighted by Crippen LogP contribution is 2.37. The largest absolute Gasteiger partial charge is 0.465 e. The van der Waals surface area contributed by atoms with Gasteiger partial charge in [0.2, 0.25) is 0 Å². The predicted molar refractivity (Wildman–Crippen MR) is 125 cm³/mol. The van der Waals surface area contributed by atoms with Crippen LogP contribution in [0.15, 0.2) is 10.7 Å². The van der Waals surface area contributed by atoms with Gasteiger partial charge in [-0.3, -0.25) is 4.68 Å². The first-order chi connectivity index (χ1) is 14.0. The molecule has 2 aromatic heterocycles. The summed E-state index contributed by atoms with van der Waals surface area (Å²) in [5, 5.41) is 12.2. The Morgan fingerprint density at radius 3 is 2.79 bits per heavy atom. The van der Waals surface area contributed by atoms with Crippen molar-refractivity contribution in [2.75, 3.05) is 19.0 Å². The molecular formula is C20H27BrN4O2S2. The standard InChI is InChI=1S/C20H27BrN4O2S2/c1-13-15(21)12-25(24-13)11-7-10-22-20(28)23-18-17(19(26)27-2)14-8-5-3-4-6-9-16(14)29-18/h12H,3-11H2,1-2H3,(H2,22,23,28). The number of hydrogen-bond donors (Lipinski definition) is 2. The second-order valence-electron chi connectivity index (χ2n) is 7.17. The van der Waals surface area contributed by atoms with Crippen molar-refractivity contribution in [3.8, 4) is 0 Å². The number of aromatic nitrogens is 2. The predicted octanol–water partition coefficient (Wildman–Crippen LogP) is 4.84. The lowest BCUT2D eigenvalue weighted by molar-refractivity contribution is 0.0601. The number of aryl methyl sites for hydroxylation is 3. The molecule has 9 heteroatoms. The molecule has 0 unspecified atom stereocenters. The van der Waals surface area contributed by atoms with E-state index < -0.39 is 0 Å². The van der Waals surface area contributed by atoms with E-state index in [9.17, 15) is 4.79 Å². The molecule has 6 nitrogen and oxygen atoms in total. The molecule has 0 radical (unpaired) electrons. The Labute approximate surface area is 189 Å². The molecule has 0 aliphatic heterocycles. The van der Waals surface area contributed by atoms with Crippen molar-refractivity contribution in [2.24, 2.45) is 0 Å². The van der Waals surface area contributed by atoms with Crippen LogP contribution >= 0.6 is 39.5 Å². The second kappa shape index (κ2) is 10.5. The molecule has 1 aliphatic rings. The maximum atomic E-state index is 12.5. The minimum Gasteiger partial charge on any atom is -0.465 e. The van der Waals surface area contributed by atoms with E-state index >= 15 is 0 Å². The zero-order valence-electron chi connectivity index (χ0n) is 16.8. The molecule has 2 N–H and O–H groups in total. The van der Waals surface area contributed by atoms with Crippen LogP contribution in [0.1, 0.15) is 58.6 Å². The van der Waals surface area contributed by atoms with Crippen LogP contribution in [0.2, 0.25) is 0 Å². The average Bonchev–Trinajstić information content (AvgIpc) is 3.17. The summed E-state index contributed by atoms with van der Waals surface area (Å²) in [4.78, 5) is 13.7. The van der Waals surface area contributed by atoms with Gasteiger partial charge in [-0.25, -0.2) is 4.79 Å². The molecule has 0 atom stereocenters. The van der Waals surface area contributed by atoms with E-state index in [1.807, 2.05) is 17.8 Å². The number of halogens is 1. The van der Waals surface area contributed by atoms with E-state index in [4.69, 9.17) is 17.0 Å². The Balaban J connectivity index is 1.60. The van der Waals surface area contributed by atoms with Crippen LogP contribution in [-0.4, -0.2) is 34.5 Å². The molecule has 0 aromatic carbocycles. The van der Waals surface area contributed by atoms with Crippen molar-refractivity contribution in [3.63, 3.8) is 0 Å². The normalized spacial score (nSPS) is 13.9. The number of thiocarbonyl (C=S) groups is 1. The van der Waals surface area contributed by atoms with Crippen LogP contribution in [0.4, 0.5) is 5.00 Å². The first-order valence-electron chi connectivity index (χ1n) is 9.97. The zero-order valence-corrected chi connectivity index (χ0v) is 20.1. The van der Waals surface area contributed by atoms with Crippen LogP contribution in [0.25, 0.3) is 0 Å². The number of ether oxygens (including phenoxy) is 1. The fourth-order valence-corrected chi connectivity index (χ4v) is 5.39. The van der Waals surface area contributed by atoms with Gasteiger partial charge in [0.15, 0.2) is 5.11 Å². The van der Waals surface area contributed by atoms with E-state index in [2.05, 4.69) is 31.7 Å². The third-order valence-electron chi connectivity index (χ3n) is 5.02. The molecule has 29 heavy (non-hydrogen) atoms. The highest BCUT2D eigenvalue weighted by molar-refractivity contribution is 9.10. The molecule has 1 aliphatic carbocycles. The van der Waals surface area contributed by atoms with E-state index in [-0.39, 0.29) is 5.97 Å². The molecule has 2 aromatic rings. The lowest BCUT2D eigenvalue weighted by atomic mass is 9.96. The number of carbonyl (C=O) groups excluding carboxylic acids is 1. The Morgan fingerprint density at radius 1 is 1.34 bits per heavy atom. The monoisotopic (exact) mass is 498 g/mol. The van der Waals surface area contributed by atoms with Gasteiger partial charge in [-0.15, -0.1) is 11.3 Å². The van der Waals surface area contributed by atoms with Crippen molar-refractivity contribution in [1.29, 1.82) is 0 Å². The molecular weight excluding hydrogens is 472 g/mol. The van der Waals surface area contributed by atoms with E-state index in [1.165, 1.54) is 31.2 Å². The molecule has 0 spiro atoms. The van der Waals surface area contributed by atoms with E-state index in [1.54, 1.807) is 11.3 Å². The van der Waals surface area contributed by atoms with Gasteiger partial charge in [-0.2, -0.15) is 5.10 Å². The number of rotatable bonds is 6. The Morgan fingerprint density at radius 2 is 2.10 bits per heavy atom. The second-order valence-corrected chi connectivity index (χ2v) is 9.54. The van der Waals surface area contributed by atoms with Crippen LogP contribution in [0.3, 0.4) is 0 Å². The summed E-state index contributed by atoms with van der Waals surface area (Å²) >= 11 is 10.6. The van der Waals surface area contributed by atoms with Gasteiger partial charge in [0.1, 0.15) is 5.00 Å². The summed E-state index contributed by atoms with van der Waals surface area (Å²) in [5.74, 6) is -0.284. The van der Waals surface area contributed by atoms with Gasteiger partial charge in [0, 0.05) is 24.2 Å². The Bertz CT molecular complexity index is 859. The zero-order chi connectivity index (χ0) is 20.8. The SMILES string of the molecule is COC(=O)c1c(NC(=S)NCCCn2cc(Br)c(C)n2)sc2c1CCCCCC2. The van der Waals surface area contributed by atoms with Crippen molar-refractivity contribution in [3.05, 3.63) is 32.4 Å². The topological polar surface area (TPSA) is 68.2 Å². The van der Waals surface area contributed by atoms with Crippen molar-refractivity contribution in [1.82, 2.24) is 15.1 Å². The summed E-state index contributed by atoms with van der Waals surface area (Å²) in [6.45, 7) is 3.51. The van der Waals surface area contributed by atoms with Gasteiger partial charge < -0.3 is 15.4 Å². The van der Waals surface area contributed by atoms with Gasteiger partial charge in [-0.1, -0.05) is 12.8 Å². The first kappa shape index (κ1) is 22.2. The number of thiophene rings is 1. The van der Waals surface area contributed by atoms with Gasteiger partial charge in [0.25, 0.3) is 0 Å². The maximum Gasteiger partial charge on any atom is 0.341 e. The molecule has 0 fully saturated rings. The van der Waals surface area contributed by atoms with Crippen molar-refractivity contribution in [2.45, 2.75) is 58.4 Å².